The van der Waals surface area contributed by atoms with Crippen LogP contribution in [0, 0.1) is 20.8 Å². The van der Waals surface area contributed by atoms with Gasteiger partial charge in [-0.1, -0.05) is 23.8 Å². The van der Waals surface area contributed by atoms with Crippen LogP contribution >= 0.6 is 0 Å². The number of benzene rings is 1. The Morgan fingerprint density at radius 2 is 1.82 bits per heavy atom. The largest absolute Gasteiger partial charge is 0.292 e. The molecule has 2 rings (SSSR count). The highest BCUT2D eigenvalue weighted by atomic mass is 15.3. The molecule has 0 unspecified atom stereocenters. The summed E-state index contributed by atoms with van der Waals surface area (Å²) in [4.78, 5) is 8.54. The summed E-state index contributed by atoms with van der Waals surface area (Å²) in [5.41, 5.74) is 7.82. The van der Waals surface area contributed by atoms with E-state index in [-0.39, 0.29) is 0 Å². The first-order valence-electron chi connectivity index (χ1n) is 5.50. The second kappa shape index (κ2) is 4.51. The van der Waals surface area contributed by atoms with E-state index in [1.165, 1.54) is 11.1 Å². The number of hydrazine groups is 1. The van der Waals surface area contributed by atoms with Crippen LogP contribution in [0.25, 0.3) is 11.3 Å². The van der Waals surface area contributed by atoms with Crippen molar-refractivity contribution in [1.29, 1.82) is 0 Å². The Morgan fingerprint density at radius 1 is 1.06 bits per heavy atom. The van der Waals surface area contributed by atoms with E-state index in [4.69, 9.17) is 5.84 Å². The zero-order valence-electron chi connectivity index (χ0n) is 10.3. The second-order valence-corrected chi connectivity index (χ2v) is 4.18. The van der Waals surface area contributed by atoms with Crippen molar-refractivity contribution in [2.24, 2.45) is 5.84 Å². The lowest BCUT2D eigenvalue weighted by Gasteiger charge is -2.08. The average Bonchev–Trinajstić information content (AvgIpc) is 2.28. The number of aromatic nitrogens is 2. The number of nitrogens with zero attached hydrogens (tertiary/aromatic N) is 2. The molecule has 0 saturated heterocycles. The number of aryl methyl sites for hydroxylation is 3. The van der Waals surface area contributed by atoms with Gasteiger partial charge in [-0.15, -0.1) is 0 Å². The molecule has 0 atom stereocenters. The first-order valence-corrected chi connectivity index (χ1v) is 5.50. The summed E-state index contributed by atoms with van der Waals surface area (Å²) in [5, 5.41) is 0. The molecule has 0 saturated carbocycles. The van der Waals surface area contributed by atoms with Crippen LogP contribution in [0.5, 0.6) is 0 Å². The van der Waals surface area contributed by atoms with Gasteiger partial charge in [0.1, 0.15) is 0 Å². The molecule has 0 radical (unpaired) electrons. The van der Waals surface area contributed by atoms with Crippen LogP contribution in [-0.4, -0.2) is 9.97 Å². The minimum absolute atomic E-state index is 0.444. The molecule has 0 fully saturated rings. The number of rotatable bonds is 2. The maximum absolute atomic E-state index is 5.35. The Morgan fingerprint density at radius 3 is 2.47 bits per heavy atom. The number of nitrogen functional groups attached to an aromatic ring is 1. The summed E-state index contributed by atoms with van der Waals surface area (Å²) in [6, 6.07) is 8.25. The van der Waals surface area contributed by atoms with Crippen molar-refractivity contribution in [1.82, 2.24) is 9.97 Å². The molecule has 0 aliphatic heterocycles. The third kappa shape index (κ3) is 2.42. The van der Waals surface area contributed by atoms with Gasteiger partial charge in [0.2, 0.25) is 5.95 Å². The van der Waals surface area contributed by atoms with Crippen molar-refractivity contribution in [2.75, 3.05) is 5.43 Å². The van der Waals surface area contributed by atoms with Gasteiger partial charge < -0.3 is 0 Å². The standard InChI is InChI=1S/C13H16N4/c1-8-4-5-11(9(2)6-8)12-7-10(3)15-13(16-12)17-14/h4-7H,14H2,1-3H3,(H,15,16,17). The SMILES string of the molecule is Cc1ccc(-c2cc(C)nc(NN)n2)c(C)c1. The van der Waals surface area contributed by atoms with Crippen LogP contribution < -0.4 is 11.3 Å². The number of nitrogens with two attached hydrogens (primary N) is 1. The highest BCUT2D eigenvalue weighted by molar-refractivity contribution is 5.65. The van der Waals surface area contributed by atoms with E-state index in [0.717, 1.165) is 17.0 Å². The van der Waals surface area contributed by atoms with E-state index in [1.54, 1.807) is 0 Å². The number of hydrogen-bond acceptors (Lipinski definition) is 4. The predicted molar refractivity (Wildman–Crippen MR) is 69.5 cm³/mol. The van der Waals surface area contributed by atoms with Crippen LogP contribution in [0.3, 0.4) is 0 Å². The molecule has 1 aromatic carbocycles. The van der Waals surface area contributed by atoms with Gasteiger partial charge in [-0.2, -0.15) is 0 Å². The van der Waals surface area contributed by atoms with Crippen LogP contribution in [0.15, 0.2) is 24.3 Å². The molecule has 1 heterocycles. The van der Waals surface area contributed by atoms with Gasteiger partial charge in [-0.25, -0.2) is 15.8 Å². The van der Waals surface area contributed by atoms with Gasteiger partial charge in [0.15, 0.2) is 0 Å². The lowest BCUT2D eigenvalue weighted by atomic mass is 10.0. The molecule has 88 valence electrons. The molecule has 0 spiro atoms. The van der Waals surface area contributed by atoms with Crippen LogP contribution in [0.2, 0.25) is 0 Å². The maximum atomic E-state index is 5.35. The molecule has 0 aliphatic carbocycles. The Bertz CT molecular complexity index is 549. The van der Waals surface area contributed by atoms with Crippen molar-refractivity contribution in [3.05, 3.63) is 41.1 Å². The summed E-state index contributed by atoms with van der Waals surface area (Å²) >= 11 is 0. The zero-order valence-corrected chi connectivity index (χ0v) is 10.3. The summed E-state index contributed by atoms with van der Waals surface area (Å²) in [6.45, 7) is 6.08. The van der Waals surface area contributed by atoms with Crippen molar-refractivity contribution >= 4 is 5.95 Å². The molecule has 2 aromatic rings. The van der Waals surface area contributed by atoms with E-state index in [9.17, 15) is 0 Å². The van der Waals surface area contributed by atoms with Crippen molar-refractivity contribution in [3.63, 3.8) is 0 Å². The summed E-state index contributed by atoms with van der Waals surface area (Å²) in [5.74, 6) is 5.80. The Labute approximate surface area is 101 Å². The fraction of sp³-hybridized carbons (Fsp3) is 0.231. The van der Waals surface area contributed by atoms with Gasteiger partial charge in [-0.05, 0) is 32.4 Å². The lowest BCUT2D eigenvalue weighted by Crippen LogP contribution is -2.11. The van der Waals surface area contributed by atoms with Gasteiger partial charge in [0.25, 0.3) is 0 Å². The molecule has 4 heteroatoms. The normalized spacial score (nSPS) is 10.4. The van der Waals surface area contributed by atoms with E-state index >= 15 is 0 Å². The Balaban J connectivity index is 2.55. The Kier molecular flexibility index (Phi) is 3.06. The molecule has 0 bridgehead atoms. The first-order chi connectivity index (χ1) is 8.10. The topological polar surface area (TPSA) is 63.8 Å². The number of anilines is 1. The quantitative estimate of drug-likeness (QED) is 0.611. The van der Waals surface area contributed by atoms with Crippen molar-refractivity contribution in [2.45, 2.75) is 20.8 Å². The van der Waals surface area contributed by atoms with E-state index in [0.29, 0.717) is 5.95 Å². The zero-order chi connectivity index (χ0) is 12.4. The highest BCUT2D eigenvalue weighted by Gasteiger charge is 2.06. The third-order valence-electron chi connectivity index (χ3n) is 2.64. The average molecular weight is 228 g/mol. The van der Waals surface area contributed by atoms with E-state index < -0.39 is 0 Å². The molecular formula is C13H16N4. The first kappa shape index (κ1) is 11.5. The molecule has 0 amide bonds. The third-order valence-corrected chi connectivity index (χ3v) is 2.64. The highest BCUT2D eigenvalue weighted by Crippen LogP contribution is 2.23. The smallest absolute Gasteiger partial charge is 0.237 e. The minimum Gasteiger partial charge on any atom is -0.292 e. The summed E-state index contributed by atoms with van der Waals surface area (Å²) < 4.78 is 0. The molecule has 1 aromatic heterocycles. The number of nitrogens with one attached hydrogen (secondary N) is 1. The lowest BCUT2D eigenvalue weighted by molar-refractivity contribution is 1.07. The summed E-state index contributed by atoms with van der Waals surface area (Å²) in [6.07, 6.45) is 0. The predicted octanol–water partition coefficient (Wildman–Crippen LogP) is 2.35. The molecule has 3 N–H and O–H groups in total. The van der Waals surface area contributed by atoms with Crippen LogP contribution in [0.4, 0.5) is 5.95 Å². The molecular weight excluding hydrogens is 212 g/mol. The fourth-order valence-electron chi connectivity index (χ4n) is 1.87. The van der Waals surface area contributed by atoms with E-state index in [2.05, 4.69) is 47.4 Å². The van der Waals surface area contributed by atoms with Crippen LogP contribution in [0.1, 0.15) is 16.8 Å². The molecule has 4 nitrogen and oxygen atoms in total. The van der Waals surface area contributed by atoms with Crippen molar-refractivity contribution < 1.29 is 0 Å². The second-order valence-electron chi connectivity index (χ2n) is 4.18. The van der Waals surface area contributed by atoms with Crippen LogP contribution in [-0.2, 0) is 0 Å². The van der Waals surface area contributed by atoms with Gasteiger partial charge in [0.05, 0.1) is 5.69 Å². The van der Waals surface area contributed by atoms with Gasteiger partial charge in [0, 0.05) is 11.3 Å². The summed E-state index contributed by atoms with van der Waals surface area (Å²) in [7, 11) is 0. The van der Waals surface area contributed by atoms with E-state index in [1.807, 2.05) is 13.0 Å². The van der Waals surface area contributed by atoms with Gasteiger partial charge >= 0.3 is 0 Å². The number of hydrogen-bond donors (Lipinski definition) is 2. The molecule has 17 heavy (non-hydrogen) atoms. The van der Waals surface area contributed by atoms with Gasteiger partial charge in [-0.3, -0.25) is 5.43 Å². The van der Waals surface area contributed by atoms with Crippen molar-refractivity contribution in [3.8, 4) is 11.3 Å². The fourth-order valence-corrected chi connectivity index (χ4v) is 1.87. The molecule has 0 aliphatic rings. The monoisotopic (exact) mass is 228 g/mol. The Hall–Kier alpha value is -1.94. The minimum atomic E-state index is 0.444. The maximum Gasteiger partial charge on any atom is 0.237 e.